The van der Waals surface area contributed by atoms with E-state index in [-0.39, 0.29) is 5.91 Å². The first-order chi connectivity index (χ1) is 8.72. The van der Waals surface area contributed by atoms with Crippen LogP contribution in [-0.4, -0.2) is 18.6 Å². The molecule has 0 aromatic heterocycles. The van der Waals surface area contributed by atoms with Gasteiger partial charge in [0.25, 0.3) is 5.91 Å². The Morgan fingerprint density at radius 2 is 1.94 bits per heavy atom. The standard InChI is InChI=1S/C14H12NO3/c1-10(18-9-16)15-14(17)13-8-4-6-11-5-2-3-7-12(11)13/h2-8,10H,1H3,(H,15,17). The van der Waals surface area contributed by atoms with Gasteiger partial charge in [0, 0.05) is 5.56 Å². The van der Waals surface area contributed by atoms with Gasteiger partial charge < -0.3 is 10.1 Å². The van der Waals surface area contributed by atoms with Gasteiger partial charge in [0.15, 0.2) is 6.23 Å². The summed E-state index contributed by atoms with van der Waals surface area (Å²) in [7, 11) is 0. The van der Waals surface area contributed by atoms with Crippen molar-refractivity contribution in [3.05, 3.63) is 48.0 Å². The summed E-state index contributed by atoms with van der Waals surface area (Å²) in [4.78, 5) is 22.1. The first-order valence-corrected chi connectivity index (χ1v) is 5.54. The fourth-order valence-electron chi connectivity index (χ4n) is 1.79. The molecule has 0 spiro atoms. The first kappa shape index (κ1) is 12.1. The molecule has 0 saturated heterocycles. The van der Waals surface area contributed by atoms with Gasteiger partial charge in [-0.1, -0.05) is 36.4 Å². The van der Waals surface area contributed by atoms with Gasteiger partial charge in [-0.2, -0.15) is 0 Å². The summed E-state index contributed by atoms with van der Waals surface area (Å²) in [5.41, 5.74) is 0.550. The van der Waals surface area contributed by atoms with E-state index in [1.807, 2.05) is 36.4 Å². The predicted molar refractivity (Wildman–Crippen MR) is 67.7 cm³/mol. The van der Waals surface area contributed by atoms with E-state index in [1.54, 1.807) is 13.0 Å². The van der Waals surface area contributed by atoms with Crippen LogP contribution in [0, 0.1) is 0 Å². The molecule has 0 aliphatic carbocycles. The minimum atomic E-state index is -0.700. The Kier molecular flexibility index (Phi) is 3.57. The normalized spacial score (nSPS) is 11.8. The molecule has 1 radical (unpaired) electrons. The topological polar surface area (TPSA) is 55.4 Å². The maximum atomic E-state index is 12.0. The van der Waals surface area contributed by atoms with Crippen LogP contribution in [0.25, 0.3) is 10.8 Å². The molecule has 91 valence electrons. The SMILES string of the molecule is CC(NC(=O)c1cccc2ccccc12)O[C]=O. The lowest BCUT2D eigenvalue weighted by molar-refractivity contribution is 0.0833. The van der Waals surface area contributed by atoms with Crippen molar-refractivity contribution in [2.75, 3.05) is 0 Å². The minimum absolute atomic E-state index is 0.283. The van der Waals surface area contributed by atoms with Gasteiger partial charge in [0.05, 0.1) is 0 Å². The van der Waals surface area contributed by atoms with Crippen LogP contribution < -0.4 is 5.32 Å². The summed E-state index contributed by atoms with van der Waals surface area (Å²) < 4.78 is 4.51. The second kappa shape index (κ2) is 5.31. The molecule has 0 saturated carbocycles. The van der Waals surface area contributed by atoms with Crippen molar-refractivity contribution in [1.82, 2.24) is 5.32 Å². The van der Waals surface area contributed by atoms with Crippen molar-refractivity contribution >= 4 is 23.2 Å². The van der Waals surface area contributed by atoms with Crippen molar-refractivity contribution in [3.63, 3.8) is 0 Å². The summed E-state index contributed by atoms with van der Waals surface area (Å²) in [5, 5.41) is 4.41. The number of benzene rings is 2. The van der Waals surface area contributed by atoms with Crippen molar-refractivity contribution in [2.45, 2.75) is 13.2 Å². The number of hydrogen-bond acceptors (Lipinski definition) is 3. The highest BCUT2D eigenvalue weighted by atomic mass is 16.5. The van der Waals surface area contributed by atoms with Crippen molar-refractivity contribution in [2.24, 2.45) is 0 Å². The van der Waals surface area contributed by atoms with E-state index in [9.17, 15) is 9.59 Å². The van der Waals surface area contributed by atoms with Gasteiger partial charge in [-0.3, -0.25) is 4.79 Å². The quantitative estimate of drug-likeness (QED) is 0.834. The molecule has 4 heteroatoms. The third-order valence-corrected chi connectivity index (χ3v) is 2.59. The fourth-order valence-corrected chi connectivity index (χ4v) is 1.79. The second-order valence-corrected chi connectivity index (χ2v) is 3.84. The Bertz CT molecular complexity index is 575. The maximum Gasteiger partial charge on any atom is 0.419 e. The van der Waals surface area contributed by atoms with Gasteiger partial charge in [-0.25, -0.2) is 4.79 Å². The number of ether oxygens (including phenoxy) is 1. The molecule has 1 amide bonds. The fraction of sp³-hybridized carbons (Fsp3) is 0.143. The molecule has 2 aromatic rings. The highest BCUT2D eigenvalue weighted by Crippen LogP contribution is 2.18. The van der Waals surface area contributed by atoms with Gasteiger partial charge in [-0.15, -0.1) is 0 Å². The number of fused-ring (bicyclic) bond motifs is 1. The molecule has 0 heterocycles. The highest BCUT2D eigenvalue weighted by Gasteiger charge is 2.12. The Hall–Kier alpha value is -2.36. The van der Waals surface area contributed by atoms with Crippen molar-refractivity contribution in [3.8, 4) is 0 Å². The van der Waals surface area contributed by atoms with E-state index in [4.69, 9.17) is 0 Å². The highest BCUT2D eigenvalue weighted by molar-refractivity contribution is 6.07. The summed E-state index contributed by atoms with van der Waals surface area (Å²) in [6.45, 7) is 2.86. The van der Waals surface area contributed by atoms with E-state index in [0.717, 1.165) is 10.8 Å². The number of carbonyl (C=O) groups excluding carboxylic acids is 2. The summed E-state index contributed by atoms with van der Waals surface area (Å²) in [6.07, 6.45) is -0.700. The van der Waals surface area contributed by atoms with E-state index in [2.05, 4.69) is 10.1 Å². The molecule has 1 atom stereocenters. The molecular weight excluding hydrogens is 230 g/mol. The Morgan fingerprint density at radius 3 is 2.72 bits per heavy atom. The molecule has 2 rings (SSSR count). The number of carbonyl (C=O) groups is 1. The van der Waals surface area contributed by atoms with Crippen LogP contribution in [-0.2, 0) is 9.53 Å². The van der Waals surface area contributed by atoms with Crippen LogP contribution in [0.3, 0.4) is 0 Å². The van der Waals surface area contributed by atoms with Crippen LogP contribution in [0.2, 0.25) is 0 Å². The number of rotatable bonds is 4. The first-order valence-electron chi connectivity index (χ1n) is 5.54. The number of hydrogen-bond donors (Lipinski definition) is 1. The van der Waals surface area contributed by atoms with Gasteiger partial charge >= 0.3 is 6.47 Å². The van der Waals surface area contributed by atoms with E-state index in [1.165, 1.54) is 6.47 Å². The van der Waals surface area contributed by atoms with Crippen LogP contribution in [0.1, 0.15) is 17.3 Å². The average molecular weight is 242 g/mol. The molecular formula is C14H12NO3. The molecule has 1 N–H and O–H groups in total. The smallest absolute Gasteiger partial charge is 0.419 e. The monoisotopic (exact) mass is 242 g/mol. The zero-order valence-corrected chi connectivity index (χ0v) is 9.84. The predicted octanol–water partition coefficient (Wildman–Crippen LogP) is 2.00. The second-order valence-electron chi connectivity index (χ2n) is 3.84. The van der Waals surface area contributed by atoms with Crippen LogP contribution >= 0.6 is 0 Å². The average Bonchev–Trinajstić information content (AvgIpc) is 2.38. The van der Waals surface area contributed by atoms with Crippen LogP contribution in [0.15, 0.2) is 42.5 Å². The Morgan fingerprint density at radius 1 is 1.22 bits per heavy atom. The van der Waals surface area contributed by atoms with Gasteiger partial charge in [0.2, 0.25) is 0 Å². The largest absolute Gasteiger partial charge is 0.434 e. The molecule has 2 aromatic carbocycles. The summed E-state index contributed by atoms with van der Waals surface area (Å²) in [6, 6.07) is 13.1. The molecule has 0 bridgehead atoms. The van der Waals surface area contributed by atoms with E-state index >= 15 is 0 Å². The van der Waals surface area contributed by atoms with Crippen molar-refractivity contribution < 1.29 is 14.3 Å². The third-order valence-electron chi connectivity index (χ3n) is 2.59. The molecule has 1 unspecified atom stereocenters. The third kappa shape index (κ3) is 2.48. The lowest BCUT2D eigenvalue weighted by Gasteiger charge is -2.12. The lowest BCUT2D eigenvalue weighted by atomic mass is 10.0. The summed E-state index contributed by atoms with van der Waals surface area (Å²) >= 11 is 0. The van der Waals surface area contributed by atoms with E-state index < -0.39 is 6.23 Å². The number of amides is 1. The summed E-state index contributed by atoms with van der Waals surface area (Å²) in [5.74, 6) is -0.283. The van der Waals surface area contributed by atoms with Crippen LogP contribution in [0.4, 0.5) is 0 Å². The minimum Gasteiger partial charge on any atom is -0.434 e. The lowest BCUT2D eigenvalue weighted by Crippen LogP contribution is -2.34. The van der Waals surface area contributed by atoms with Gasteiger partial charge in [0.1, 0.15) is 0 Å². The molecule has 4 nitrogen and oxygen atoms in total. The Balaban J connectivity index is 2.30. The molecule has 18 heavy (non-hydrogen) atoms. The molecule has 0 fully saturated rings. The Labute approximate surface area is 105 Å². The van der Waals surface area contributed by atoms with Gasteiger partial charge in [-0.05, 0) is 23.8 Å². The maximum absolute atomic E-state index is 12.0. The number of nitrogens with one attached hydrogen (secondary N) is 1. The van der Waals surface area contributed by atoms with Crippen LogP contribution in [0.5, 0.6) is 0 Å². The zero-order chi connectivity index (χ0) is 13.0. The molecule has 0 aliphatic heterocycles. The van der Waals surface area contributed by atoms with E-state index in [0.29, 0.717) is 5.56 Å². The van der Waals surface area contributed by atoms with Crippen molar-refractivity contribution in [1.29, 1.82) is 0 Å². The molecule has 0 aliphatic rings. The zero-order valence-electron chi connectivity index (χ0n) is 9.84.